The number of hydrogen-bond donors (Lipinski definition) is 1. The van der Waals surface area contributed by atoms with Crippen LogP contribution >= 0.6 is 11.6 Å². The average molecular weight is 471 g/mol. The van der Waals surface area contributed by atoms with Crippen molar-refractivity contribution in [1.82, 2.24) is 4.57 Å². The Hall–Kier alpha value is -3.83. The standard InChI is InChI=1S/C24H17ClF2N2O4/c1-13(21(30)8-14-2-4-15(5-3-14)24(32)33)29-12-20(23(26)27)19(10-22(29)31)18-9-17(25)7-6-16(18)11-28/h2-7,9-10,12-13,23H,8H2,1H3,(H,32,33). The van der Waals surface area contributed by atoms with Gasteiger partial charge in [0.25, 0.3) is 12.0 Å². The van der Waals surface area contributed by atoms with Crippen LogP contribution in [0.5, 0.6) is 0 Å². The minimum Gasteiger partial charge on any atom is -0.478 e. The molecule has 3 aromatic rings. The third-order valence-electron chi connectivity index (χ3n) is 5.20. The van der Waals surface area contributed by atoms with Crippen molar-refractivity contribution in [3.8, 4) is 17.2 Å². The summed E-state index contributed by atoms with van der Waals surface area (Å²) >= 11 is 5.97. The lowest BCUT2D eigenvalue weighted by Gasteiger charge is -2.18. The summed E-state index contributed by atoms with van der Waals surface area (Å²) in [6.07, 6.45) is -2.17. The first kappa shape index (κ1) is 23.8. The molecule has 9 heteroatoms. The molecule has 0 radical (unpaired) electrons. The SMILES string of the molecule is CC(C(=O)Cc1ccc(C(=O)O)cc1)n1cc(C(F)F)c(-c2cc(Cl)ccc2C#N)cc1=O. The Morgan fingerprint density at radius 2 is 1.79 bits per heavy atom. The number of alkyl halides is 2. The lowest BCUT2D eigenvalue weighted by molar-refractivity contribution is -0.121. The summed E-state index contributed by atoms with van der Waals surface area (Å²) in [5, 5.41) is 18.5. The Labute approximate surface area is 192 Å². The molecule has 1 atom stereocenters. The van der Waals surface area contributed by atoms with E-state index in [1.165, 1.54) is 49.4 Å². The van der Waals surface area contributed by atoms with E-state index in [4.69, 9.17) is 16.7 Å². The summed E-state index contributed by atoms with van der Waals surface area (Å²) in [4.78, 5) is 36.5. The van der Waals surface area contributed by atoms with Gasteiger partial charge in [-0.3, -0.25) is 9.59 Å². The molecule has 6 nitrogen and oxygen atoms in total. The molecular weight excluding hydrogens is 454 g/mol. The molecule has 1 aromatic heterocycles. The number of aromatic carboxylic acids is 1. The van der Waals surface area contributed by atoms with Gasteiger partial charge in [-0.2, -0.15) is 5.26 Å². The van der Waals surface area contributed by atoms with E-state index in [2.05, 4.69) is 0 Å². The molecule has 0 amide bonds. The van der Waals surface area contributed by atoms with Gasteiger partial charge in [0.15, 0.2) is 5.78 Å². The number of benzene rings is 2. The van der Waals surface area contributed by atoms with Crippen LogP contribution in [-0.4, -0.2) is 21.4 Å². The number of carboxylic acid groups (broad SMARTS) is 1. The highest BCUT2D eigenvalue weighted by molar-refractivity contribution is 6.31. The molecule has 33 heavy (non-hydrogen) atoms. The Bertz CT molecular complexity index is 1330. The number of carbonyl (C=O) groups excluding carboxylic acids is 1. The summed E-state index contributed by atoms with van der Waals surface area (Å²) in [6.45, 7) is 1.42. The van der Waals surface area contributed by atoms with Crippen LogP contribution < -0.4 is 5.56 Å². The average Bonchev–Trinajstić information content (AvgIpc) is 2.78. The minimum absolute atomic E-state index is 0.0605. The zero-order valence-electron chi connectivity index (χ0n) is 17.3. The first-order chi connectivity index (χ1) is 15.6. The van der Waals surface area contributed by atoms with E-state index in [-0.39, 0.29) is 33.7 Å². The zero-order chi connectivity index (χ0) is 24.3. The van der Waals surface area contributed by atoms with Crippen LogP contribution in [0.4, 0.5) is 8.78 Å². The lowest BCUT2D eigenvalue weighted by atomic mass is 9.96. The van der Waals surface area contributed by atoms with Crippen LogP contribution in [0.3, 0.4) is 0 Å². The maximum absolute atomic E-state index is 13.9. The predicted molar refractivity (Wildman–Crippen MR) is 118 cm³/mol. The molecule has 168 valence electrons. The molecule has 0 aliphatic rings. The highest BCUT2D eigenvalue weighted by Crippen LogP contribution is 2.34. The van der Waals surface area contributed by atoms with Gasteiger partial charge in [0, 0.05) is 34.8 Å². The van der Waals surface area contributed by atoms with Crippen molar-refractivity contribution in [2.24, 2.45) is 0 Å². The highest BCUT2D eigenvalue weighted by atomic mass is 35.5. The predicted octanol–water partition coefficient (Wildman–Crippen LogP) is 5.05. The van der Waals surface area contributed by atoms with Gasteiger partial charge < -0.3 is 9.67 Å². The fourth-order valence-electron chi connectivity index (χ4n) is 3.38. The van der Waals surface area contributed by atoms with Gasteiger partial charge in [-0.15, -0.1) is 0 Å². The van der Waals surface area contributed by atoms with Crippen molar-refractivity contribution in [1.29, 1.82) is 5.26 Å². The van der Waals surface area contributed by atoms with Gasteiger partial charge in [-0.25, -0.2) is 13.6 Å². The van der Waals surface area contributed by atoms with Gasteiger partial charge in [-0.1, -0.05) is 23.7 Å². The minimum atomic E-state index is -2.98. The van der Waals surface area contributed by atoms with Gasteiger partial charge in [0.2, 0.25) is 0 Å². The number of nitrogens with zero attached hydrogens (tertiary/aromatic N) is 2. The monoisotopic (exact) mass is 470 g/mol. The van der Waals surface area contributed by atoms with Crippen molar-refractivity contribution >= 4 is 23.4 Å². The molecule has 1 N–H and O–H groups in total. The summed E-state index contributed by atoms with van der Waals surface area (Å²) < 4.78 is 28.7. The normalized spacial score (nSPS) is 11.8. The summed E-state index contributed by atoms with van der Waals surface area (Å²) in [7, 11) is 0. The maximum Gasteiger partial charge on any atom is 0.335 e. The molecule has 0 spiro atoms. The van der Waals surface area contributed by atoms with Gasteiger partial charge >= 0.3 is 5.97 Å². The van der Waals surface area contributed by atoms with E-state index in [9.17, 15) is 28.4 Å². The van der Waals surface area contributed by atoms with Crippen LogP contribution in [0.25, 0.3) is 11.1 Å². The molecule has 0 aliphatic carbocycles. The Balaban J connectivity index is 1.99. The number of aromatic nitrogens is 1. The fourth-order valence-corrected chi connectivity index (χ4v) is 3.55. The van der Waals surface area contributed by atoms with Gasteiger partial charge in [0.1, 0.15) is 0 Å². The maximum atomic E-state index is 13.9. The van der Waals surface area contributed by atoms with Gasteiger partial charge in [-0.05, 0) is 48.4 Å². The largest absolute Gasteiger partial charge is 0.478 e. The third-order valence-corrected chi connectivity index (χ3v) is 5.44. The van der Waals surface area contributed by atoms with E-state index < -0.39 is 35.3 Å². The highest BCUT2D eigenvalue weighted by Gasteiger charge is 2.23. The molecule has 0 bridgehead atoms. The second-order valence-electron chi connectivity index (χ2n) is 7.31. The summed E-state index contributed by atoms with van der Waals surface area (Å²) in [5.74, 6) is -1.53. The molecule has 1 heterocycles. The van der Waals surface area contributed by atoms with E-state index in [1.54, 1.807) is 0 Å². The van der Waals surface area contributed by atoms with Crippen molar-refractivity contribution in [2.75, 3.05) is 0 Å². The van der Waals surface area contributed by atoms with Crippen molar-refractivity contribution in [3.05, 3.63) is 92.4 Å². The number of carbonyl (C=O) groups is 2. The first-order valence-electron chi connectivity index (χ1n) is 9.71. The number of rotatable bonds is 7. The topological polar surface area (TPSA) is 100 Å². The zero-order valence-corrected chi connectivity index (χ0v) is 18.0. The quantitative estimate of drug-likeness (QED) is 0.521. The van der Waals surface area contributed by atoms with Crippen molar-refractivity contribution < 1.29 is 23.5 Å². The summed E-state index contributed by atoms with van der Waals surface area (Å²) in [5.41, 5.74) is -0.582. The molecule has 0 fully saturated rings. The lowest BCUT2D eigenvalue weighted by Crippen LogP contribution is -2.29. The fraction of sp³-hybridized carbons (Fsp3) is 0.167. The number of Topliss-reactive ketones (excluding diaryl/α,β-unsaturated/α-hetero) is 1. The Morgan fingerprint density at radius 1 is 1.12 bits per heavy atom. The van der Waals surface area contributed by atoms with Crippen LogP contribution in [0, 0.1) is 11.3 Å². The van der Waals surface area contributed by atoms with Crippen LogP contribution in [0.15, 0.2) is 59.5 Å². The van der Waals surface area contributed by atoms with Gasteiger partial charge in [0.05, 0.1) is 23.2 Å². The van der Waals surface area contributed by atoms with Crippen molar-refractivity contribution in [2.45, 2.75) is 25.8 Å². The van der Waals surface area contributed by atoms with Crippen LogP contribution in [-0.2, 0) is 11.2 Å². The molecule has 0 saturated heterocycles. The molecule has 0 saturated carbocycles. The molecule has 1 unspecified atom stereocenters. The van der Waals surface area contributed by atoms with E-state index in [0.29, 0.717) is 5.56 Å². The van der Waals surface area contributed by atoms with Crippen molar-refractivity contribution in [3.63, 3.8) is 0 Å². The molecular formula is C24H17ClF2N2O4. The number of hydrogen-bond acceptors (Lipinski definition) is 4. The van der Waals surface area contributed by atoms with E-state index >= 15 is 0 Å². The van der Waals surface area contributed by atoms with Crippen LogP contribution in [0.2, 0.25) is 5.02 Å². The second kappa shape index (κ2) is 9.76. The van der Waals surface area contributed by atoms with E-state index in [1.807, 2.05) is 6.07 Å². The Kier molecular flexibility index (Phi) is 7.04. The molecule has 0 aliphatic heterocycles. The summed E-state index contributed by atoms with van der Waals surface area (Å²) in [6, 6.07) is 11.6. The number of carboxylic acids is 1. The number of ketones is 1. The van der Waals surface area contributed by atoms with Crippen LogP contribution in [0.1, 0.15) is 46.4 Å². The van der Waals surface area contributed by atoms with E-state index in [0.717, 1.165) is 16.8 Å². The Morgan fingerprint density at radius 3 is 2.36 bits per heavy atom. The second-order valence-corrected chi connectivity index (χ2v) is 7.75. The molecule has 3 rings (SSSR count). The number of pyridine rings is 1. The smallest absolute Gasteiger partial charge is 0.335 e. The first-order valence-corrected chi connectivity index (χ1v) is 10.1. The molecule has 2 aromatic carbocycles. The number of nitriles is 1. The number of halogens is 3. The third kappa shape index (κ3) is 5.16.